The van der Waals surface area contributed by atoms with Crippen molar-refractivity contribution in [2.24, 2.45) is 0 Å². The molecule has 3 heteroatoms. The van der Waals surface area contributed by atoms with Crippen LogP contribution in [0.4, 0.5) is 0 Å². The first-order valence-corrected chi connectivity index (χ1v) is 17.8. The topological polar surface area (TPSA) is 13.1 Å². The summed E-state index contributed by atoms with van der Waals surface area (Å²) in [7, 11) is 0. The minimum absolute atomic E-state index is 0.933. The zero-order chi connectivity index (χ0) is 18.4. The molecule has 25 heavy (non-hydrogen) atoms. The van der Waals surface area contributed by atoms with Crippen LogP contribution in [0.5, 0.6) is 0 Å². The predicted molar refractivity (Wildman–Crippen MR) is 116 cm³/mol. The van der Waals surface area contributed by atoms with Gasteiger partial charge >= 0.3 is 165 Å². The van der Waals surface area contributed by atoms with E-state index in [0.29, 0.717) is 0 Å². The van der Waals surface area contributed by atoms with E-state index >= 15 is 0 Å². The first kappa shape index (κ1) is 22.6. The van der Waals surface area contributed by atoms with Gasteiger partial charge in [0.15, 0.2) is 0 Å². The second-order valence-electron chi connectivity index (χ2n) is 6.88. The molecule has 0 aliphatic rings. The molecule has 0 radical (unpaired) electrons. The summed E-state index contributed by atoms with van der Waals surface area (Å²) in [6.45, 7) is 6.95. The molecule has 0 spiro atoms. The summed E-state index contributed by atoms with van der Waals surface area (Å²) in [5.41, 5.74) is 1.64. The van der Waals surface area contributed by atoms with Gasteiger partial charge in [0.2, 0.25) is 0 Å². The van der Waals surface area contributed by atoms with Gasteiger partial charge in [-0.1, -0.05) is 0 Å². The third kappa shape index (κ3) is 8.21. The number of hydrogen-bond acceptors (Lipinski definition) is 1. The molecule has 0 fully saturated rings. The standard InChI is InChI=1S/C10H8ClO.3C4H9.Sn/c11-8-4-2-1-3-6-10-7-5-9-12-10;3*1-3-4-2;/h2-9H;3*1,3-4H2,2H3;/b2-1?,6-3+,8-4+;;;;. The number of hydrogen-bond donors (Lipinski definition) is 0. The number of halogens is 1. The number of furan rings is 1. The van der Waals surface area contributed by atoms with Crippen LogP contribution in [0.25, 0.3) is 6.08 Å². The normalized spacial score (nSPS) is 13.4. The molecule has 1 heterocycles. The molecule has 0 N–H and O–H groups in total. The van der Waals surface area contributed by atoms with Crippen LogP contribution in [0.3, 0.4) is 0 Å². The van der Waals surface area contributed by atoms with E-state index in [-0.39, 0.29) is 0 Å². The molecule has 0 saturated carbocycles. The fourth-order valence-electron chi connectivity index (χ4n) is 3.46. The molecular weight excluding hydrogens is 434 g/mol. The van der Waals surface area contributed by atoms with Gasteiger partial charge in [-0.25, -0.2) is 0 Å². The van der Waals surface area contributed by atoms with E-state index in [4.69, 9.17) is 16.0 Å². The summed E-state index contributed by atoms with van der Waals surface area (Å²) >= 11 is 3.42. The fourth-order valence-corrected chi connectivity index (χ4v) is 19.5. The Morgan fingerprint density at radius 3 is 2.08 bits per heavy atom. The molecule has 0 unspecified atom stereocenters. The van der Waals surface area contributed by atoms with Crippen LogP contribution in [0, 0.1) is 0 Å². The van der Waals surface area contributed by atoms with E-state index in [1.165, 1.54) is 51.8 Å². The van der Waals surface area contributed by atoms with Gasteiger partial charge in [-0.05, 0) is 0 Å². The van der Waals surface area contributed by atoms with Crippen LogP contribution >= 0.6 is 11.6 Å². The van der Waals surface area contributed by atoms with Crippen molar-refractivity contribution in [2.45, 2.75) is 72.6 Å². The Hall–Kier alpha value is -0.411. The van der Waals surface area contributed by atoms with E-state index in [1.54, 1.807) is 15.4 Å². The SMILES string of the molecule is CCC[CH2][Sn]([CH2]CCC)([CH2]CCC)[C](/C=C/c1ccco1)=C/C=C/Cl. The average Bonchev–Trinajstić information content (AvgIpc) is 3.15. The molecule has 0 atom stereocenters. The van der Waals surface area contributed by atoms with Crippen molar-refractivity contribution in [3.8, 4) is 0 Å². The van der Waals surface area contributed by atoms with Crippen molar-refractivity contribution >= 4 is 36.1 Å². The summed E-state index contributed by atoms with van der Waals surface area (Å²) in [6, 6.07) is 3.97. The minimum atomic E-state index is -2.44. The van der Waals surface area contributed by atoms with Gasteiger partial charge in [-0.15, -0.1) is 0 Å². The third-order valence-corrected chi connectivity index (χ3v) is 20.8. The maximum absolute atomic E-state index is 5.86. The summed E-state index contributed by atoms with van der Waals surface area (Å²) in [6.07, 6.45) is 18.5. The molecule has 0 saturated heterocycles. The molecule has 1 aromatic rings. The molecule has 0 bridgehead atoms. The van der Waals surface area contributed by atoms with Crippen molar-refractivity contribution in [1.29, 1.82) is 0 Å². The Labute approximate surface area is 164 Å². The summed E-state index contributed by atoms with van der Waals surface area (Å²) in [5, 5.41) is 0. The van der Waals surface area contributed by atoms with Crippen LogP contribution < -0.4 is 0 Å². The van der Waals surface area contributed by atoms with Crippen molar-refractivity contribution in [2.75, 3.05) is 0 Å². The molecule has 1 nitrogen and oxygen atoms in total. The van der Waals surface area contributed by atoms with Gasteiger partial charge in [0.05, 0.1) is 0 Å². The van der Waals surface area contributed by atoms with Gasteiger partial charge in [-0.2, -0.15) is 0 Å². The summed E-state index contributed by atoms with van der Waals surface area (Å²) in [4.78, 5) is 0. The second kappa shape index (κ2) is 13.7. The van der Waals surface area contributed by atoms with Gasteiger partial charge in [-0.3, -0.25) is 0 Å². The zero-order valence-corrected chi connectivity index (χ0v) is 19.9. The monoisotopic (exact) mass is 470 g/mol. The van der Waals surface area contributed by atoms with E-state index in [9.17, 15) is 0 Å². The van der Waals surface area contributed by atoms with Gasteiger partial charge in [0.1, 0.15) is 0 Å². The molecule has 0 amide bonds. The van der Waals surface area contributed by atoms with Crippen LogP contribution in [-0.2, 0) is 0 Å². The van der Waals surface area contributed by atoms with Crippen LogP contribution in [-0.4, -0.2) is 18.4 Å². The predicted octanol–water partition coefficient (Wildman–Crippen LogP) is 8.36. The van der Waals surface area contributed by atoms with Crippen LogP contribution in [0.1, 0.15) is 65.1 Å². The van der Waals surface area contributed by atoms with E-state index < -0.39 is 18.4 Å². The van der Waals surface area contributed by atoms with Crippen molar-refractivity contribution < 1.29 is 4.42 Å². The Morgan fingerprint density at radius 1 is 1.04 bits per heavy atom. The van der Waals surface area contributed by atoms with Gasteiger partial charge in [0, 0.05) is 0 Å². The van der Waals surface area contributed by atoms with Crippen LogP contribution in [0.2, 0.25) is 13.3 Å². The Bertz CT molecular complexity index is 506. The molecule has 0 aromatic carbocycles. The number of rotatable bonds is 13. The van der Waals surface area contributed by atoms with E-state index in [1.807, 2.05) is 18.2 Å². The fraction of sp³-hybridized carbons (Fsp3) is 0.545. The van der Waals surface area contributed by atoms with Crippen molar-refractivity contribution in [1.82, 2.24) is 0 Å². The van der Waals surface area contributed by atoms with Crippen molar-refractivity contribution in [3.63, 3.8) is 0 Å². The Kier molecular flexibility index (Phi) is 12.4. The molecule has 1 aromatic heterocycles. The Morgan fingerprint density at radius 2 is 1.64 bits per heavy atom. The number of allylic oxidation sites excluding steroid dienone is 4. The average molecular weight is 470 g/mol. The van der Waals surface area contributed by atoms with E-state index in [0.717, 1.165) is 5.76 Å². The maximum atomic E-state index is 5.86. The number of unbranched alkanes of at least 4 members (excludes halogenated alkanes) is 3. The molecule has 1 rings (SSSR count). The van der Waals surface area contributed by atoms with Crippen molar-refractivity contribution in [3.05, 3.63) is 51.5 Å². The molecular formula is C22H35ClOSn. The molecule has 140 valence electrons. The van der Waals surface area contributed by atoms with Crippen LogP contribution in [0.15, 0.2) is 50.2 Å². The summed E-state index contributed by atoms with van der Waals surface area (Å²) < 4.78 is 11.5. The zero-order valence-electron chi connectivity index (χ0n) is 16.3. The quantitative estimate of drug-likeness (QED) is 0.209. The first-order chi connectivity index (χ1) is 12.2. The molecule has 0 aliphatic heterocycles. The summed E-state index contributed by atoms with van der Waals surface area (Å²) in [5.74, 6) is 0.933. The van der Waals surface area contributed by atoms with Gasteiger partial charge < -0.3 is 0 Å². The van der Waals surface area contributed by atoms with Gasteiger partial charge in [0.25, 0.3) is 0 Å². The van der Waals surface area contributed by atoms with E-state index in [2.05, 4.69) is 39.0 Å². The Balaban J connectivity index is 3.21. The third-order valence-electron chi connectivity index (χ3n) is 4.96. The molecule has 0 aliphatic carbocycles. The second-order valence-corrected chi connectivity index (χ2v) is 20.4. The first-order valence-electron chi connectivity index (χ1n) is 9.91.